The quantitative estimate of drug-likeness (QED) is 0.889. The average molecular weight is 266 g/mol. The van der Waals surface area contributed by atoms with Crippen LogP contribution in [0.2, 0.25) is 5.02 Å². The number of nitrogens with zero attached hydrogens (tertiary/aromatic N) is 1. The lowest BCUT2D eigenvalue weighted by Gasteiger charge is -2.42. The summed E-state index contributed by atoms with van der Waals surface area (Å²) in [5.74, 6) is 0.857. The van der Waals surface area contributed by atoms with E-state index in [9.17, 15) is 5.11 Å². The van der Waals surface area contributed by atoms with Crippen LogP contribution in [0.25, 0.3) is 0 Å². The van der Waals surface area contributed by atoms with Crippen molar-refractivity contribution in [1.29, 1.82) is 0 Å². The van der Waals surface area contributed by atoms with E-state index in [0.29, 0.717) is 23.9 Å². The predicted molar refractivity (Wildman–Crippen MR) is 74.0 cm³/mol. The fourth-order valence-corrected chi connectivity index (χ4v) is 4.05. The SMILES string of the molecule is CN1[C@@H]2CC[C@@H]1[C@@H](CO)[C@H](c1ccc(Cl)cc1)C2. The van der Waals surface area contributed by atoms with E-state index in [0.717, 1.165) is 5.02 Å². The van der Waals surface area contributed by atoms with Crippen LogP contribution in [0, 0.1) is 5.92 Å². The van der Waals surface area contributed by atoms with E-state index < -0.39 is 0 Å². The summed E-state index contributed by atoms with van der Waals surface area (Å²) < 4.78 is 0. The number of benzene rings is 1. The molecule has 2 fully saturated rings. The molecule has 2 heterocycles. The van der Waals surface area contributed by atoms with Crippen LogP contribution < -0.4 is 0 Å². The summed E-state index contributed by atoms with van der Waals surface area (Å²) in [5.41, 5.74) is 1.34. The zero-order valence-corrected chi connectivity index (χ0v) is 11.5. The standard InChI is InChI=1S/C15H20ClNO/c1-17-12-6-7-15(17)14(9-18)13(8-12)10-2-4-11(16)5-3-10/h2-5,12-15,18H,6-9H2,1H3/t12-,13+,14+,15-/m1/s1. The number of halogens is 1. The molecule has 3 rings (SSSR count). The Kier molecular flexibility index (Phi) is 3.35. The number of rotatable bonds is 2. The smallest absolute Gasteiger partial charge is 0.0480 e. The first-order valence-electron chi connectivity index (χ1n) is 6.79. The second kappa shape index (κ2) is 4.84. The van der Waals surface area contributed by atoms with Gasteiger partial charge in [-0.1, -0.05) is 23.7 Å². The number of aliphatic hydroxyl groups excluding tert-OH is 1. The number of fused-ring (bicyclic) bond motifs is 2. The molecule has 0 amide bonds. The number of hydrogen-bond acceptors (Lipinski definition) is 2. The van der Waals surface area contributed by atoms with E-state index in [1.54, 1.807) is 0 Å². The van der Waals surface area contributed by atoms with Crippen LogP contribution in [0.15, 0.2) is 24.3 Å². The molecule has 1 aromatic carbocycles. The third-order valence-electron chi connectivity index (χ3n) is 4.94. The molecule has 98 valence electrons. The second-order valence-electron chi connectivity index (χ2n) is 5.70. The predicted octanol–water partition coefficient (Wildman–Crippen LogP) is 2.90. The lowest BCUT2D eigenvalue weighted by Crippen LogP contribution is -2.47. The van der Waals surface area contributed by atoms with Crippen LogP contribution in [0.5, 0.6) is 0 Å². The fourth-order valence-electron chi connectivity index (χ4n) is 3.92. The van der Waals surface area contributed by atoms with Crippen molar-refractivity contribution >= 4 is 11.6 Å². The third kappa shape index (κ3) is 1.97. The van der Waals surface area contributed by atoms with E-state index in [2.05, 4.69) is 24.1 Å². The molecule has 2 saturated heterocycles. The molecule has 0 aliphatic carbocycles. The normalized spacial score (nSPS) is 35.9. The second-order valence-corrected chi connectivity index (χ2v) is 6.14. The highest BCUT2D eigenvalue weighted by Crippen LogP contribution is 2.45. The van der Waals surface area contributed by atoms with Gasteiger partial charge in [0.2, 0.25) is 0 Å². The Hall–Kier alpha value is -0.570. The monoisotopic (exact) mass is 265 g/mol. The van der Waals surface area contributed by atoms with Gasteiger partial charge in [-0.3, -0.25) is 0 Å². The Morgan fingerprint density at radius 2 is 2.00 bits per heavy atom. The highest BCUT2D eigenvalue weighted by atomic mass is 35.5. The molecular formula is C15H20ClNO. The molecule has 1 N–H and O–H groups in total. The van der Waals surface area contributed by atoms with E-state index in [1.807, 2.05) is 12.1 Å². The van der Waals surface area contributed by atoms with Gasteiger partial charge in [-0.2, -0.15) is 0 Å². The number of piperidine rings is 1. The lowest BCUT2D eigenvalue weighted by molar-refractivity contribution is 0.0592. The van der Waals surface area contributed by atoms with Gasteiger partial charge >= 0.3 is 0 Å². The maximum Gasteiger partial charge on any atom is 0.0480 e. The zero-order valence-electron chi connectivity index (χ0n) is 10.7. The van der Waals surface area contributed by atoms with Crippen molar-refractivity contribution in [3.63, 3.8) is 0 Å². The Balaban J connectivity index is 1.89. The van der Waals surface area contributed by atoms with Gasteiger partial charge < -0.3 is 10.0 Å². The van der Waals surface area contributed by atoms with Gasteiger partial charge in [0.15, 0.2) is 0 Å². The summed E-state index contributed by atoms with van der Waals surface area (Å²) in [4.78, 5) is 2.48. The van der Waals surface area contributed by atoms with Crippen LogP contribution in [0.1, 0.15) is 30.7 Å². The molecular weight excluding hydrogens is 246 g/mol. The van der Waals surface area contributed by atoms with Crippen LogP contribution in [0.4, 0.5) is 0 Å². The fraction of sp³-hybridized carbons (Fsp3) is 0.600. The summed E-state index contributed by atoms with van der Waals surface area (Å²) in [6.07, 6.45) is 3.68. The molecule has 0 unspecified atom stereocenters. The van der Waals surface area contributed by atoms with Crippen molar-refractivity contribution in [3.05, 3.63) is 34.9 Å². The largest absolute Gasteiger partial charge is 0.396 e. The van der Waals surface area contributed by atoms with Crippen LogP contribution in [-0.4, -0.2) is 35.7 Å². The highest BCUT2D eigenvalue weighted by Gasteiger charge is 2.45. The molecule has 18 heavy (non-hydrogen) atoms. The molecule has 0 aromatic heterocycles. The first-order chi connectivity index (χ1) is 8.70. The third-order valence-corrected chi connectivity index (χ3v) is 5.19. The molecule has 2 aliphatic heterocycles. The van der Waals surface area contributed by atoms with Crippen LogP contribution in [-0.2, 0) is 0 Å². The summed E-state index contributed by atoms with van der Waals surface area (Å²) >= 11 is 5.96. The summed E-state index contributed by atoms with van der Waals surface area (Å²) in [7, 11) is 2.21. The Bertz CT molecular complexity index is 419. The van der Waals surface area contributed by atoms with Crippen molar-refractivity contribution in [2.75, 3.05) is 13.7 Å². The molecule has 2 aliphatic rings. The molecule has 4 atom stereocenters. The summed E-state index contributed by atoms with van der Waals surface area (Å²) in [6, 6.07) is 9.42. The van der Waals surface area contributed by atoms with Gasteiger partial charge in [0, 0.05) is 29.6 Å². The molecule has 2 bridgehead atoms. The molecule has 1 aromatic rings. The van der Waals surface area contributed by atoms with Gasteiger partial charge in [-0.15, -0.1) is 0 Å². The maximum atomic E-state index is 9.76. The van der Waals surface area contributed by atoms with Crippen molar-refractivity contribution in [1.82, 2.24) is 4.90 Å². The molecule has 2 nitrogen and oxygen atoms in total. The molecule has 0 radical (unpaired) electrons. The number of aliphatic hydroxyl groups is 1. The van der Waals surface area contributed by atoms with E-state index in [4.69, 9.17) is 11.6 Å². The van der Waals surface area contributed by atoms with Crippen LogP contribution >= 0.6 is 11.6 Å². The Labute approximate surface area is 114 Å². The van der Waals surface area contributed by atoms with E-state index >= 15 is 0 Å². The zero-order chi connectivity index (χ0) is 12.7. The van der Waals surface area contributed by atoms with Crippen molar-refractivity contribution < 1.29 is 5.11 Å². The minimum Gasteiger partial charge on any atom is -0.396 e. The van der Waals surface area contributed by atoms with Gasteiger partial charge in [-0.05, 0) is 49.9 Å². The minimum absolute atomic E-state index is 0.287. The average Bonchev–Trinajstić information content (AvgIpc) is 2.63. The van der Waals surface area contributed by atoms with Gasteiger partial charge in [0.25, 0.3) is 0 Å². The minimum atomic E-state index is 0.287. The van der Waals surface area contributed by atoms with Crippen molar-refractivity contribution in [2.45, 2.75) is 37.3 Å². The van der Waals surface area contributed by atoms with Gasteiger partial charge in [0.1, 0.15) is 0 Å². The Morgan fingerprint density at radius 1 is 1.28 bits per heavy atom. The maximum absolute atomic E-state index is 9.76. The van der Waals surface area contributed by atoms with Gasteiger partial charge in [-0.25, -0.2) is 0 Å². The first kappa shape index (κ1) is 12.5. The van der Waals surface area contributed by atoms with Gasteiger partial charge in [0.05, 0.1) is 0 Å². The Morgan fingerprint density at radius 3 is 2.67 bits per heavy atom. The van der Waals surface area contributed by atoms with E-state index in [1.165, 1.54) is 24.8 Å². The highest BCUT2D eigenvalue weighted by molar-refractivity contribution is 6.30. The lowest BCUT2D eigenvalue weighted by atomic mass is 9.76. The van der Waals surface area contributed by atoms with Crippen molar-refractivity contribution in [3.8, 4) is 0 Å². The first-order valence-corrected chi connectivity index (χ1v) is 7.16. The summed E-state index contributed by atoms with van der Waals surface area (Å²) in [6.45, 7) is 0.287. The van der Waals surface area contributed by atoms with Crippen molar-refractivity contribution in [2.24, 2.45) is 5.92 Å². The topological polar surface area (TPSA) is 23.5 Å². The molecule has 0 saturated carbocycles. The van der Waals surface area contributed by atoms with E-state index in [-0.39, 0.29) is 6.61 Å². The summed E-state index contributed by atoms with van der Waals surface area (Å²) in [5, 5.41) is 10.5. The number of hydrogen-bond donors (Lipinski definition) is 1. The van der Waals surface area contributed by atoms with Crippen LogP contribution in [0.3, 0.4) is 0 Å². The molecule has 0 spiro atoms. The molecule has 3 heteroatoms.